The van der Waals surface area contributed by atoms with Gasteiger partial charge in [0.1, 0.15) is 11.9 Å². The second-order valence-corrected chi connectivity index (χ2v) is 9.88. The average Bonchev–Trinajstić information content (AvgIpc) is 2.94. The van der Waals surface area contributed by atoms with Crippen molar-refractivity contribution in [3.63, 3.8) is 0 Å². The van der Waals surface area contributed by atoms with Crippen molar-refractivity contribution in [2.45, 2.75) is 25.8 Å². The maximum absolute atomic E-state index is 15.4. The fourth-order valence-electron chi connectivity index (χ4n) is 5.19. The van der Waals surface area contributed by atoms with Gasteiger partial charge in [-0.25, -0.2) is 18.0 Å². The molecule has 0 bridgehead atoms. The number of nitriles is 1. The summed E-state index contributed by atoms with van der Waals surface area (Å²) in [7, 11) is 1.37. The Morgan fingerprint density at radius 2 is 1.85 bits per heavy atom. The van der Waals surface area contributed by atoms with Crippen LogP contribution in [-0.4, -0.2) is 37.2 Å². The van der Waals surface area contributed by atoms with E-state index in [1.54, 1.807) is 31.3 Å². The van der Waals surface area contributed by atoms with Crippen LogP contribution < -0.4 is 21.3 Å². The fourth-order valence-corrected chi connectivity index (χ4v) is 5.19. The van der Waals surface area contributed by atoms with Crippen LogP contribution in [0.5, 0.6) is 0 Å². The first kappa shape index (κ1) is 27.0. The predicted molar refractivity (Wildman–Crippen MR) is 149 cm³/mol. The van der Waals surface area contributed by atoms with E-state index in [-0.39, 0.29) is 34.2 Å². The Kier molecular flexibility index (Phi) is 7.32. The molecule has 0 radical (unpaired) electrons. The molecule has 204 valence electrons. The van der Waals surface area contributed by atoms with Crippen LogP contribution in [0.15, 0.2) is 48.7 Å². The number of nitrogens with two attached hydrogens (primary N) is 1. The third kappa shape index (κ3) is 5.03. The van der Waals surface area contributed by atoms with Gasteiger partial charge < -0.3 is 21.3 Å². The molecule has 5 rings (SSSR count). The molecule has 0 aliphatic carbocycles. The summed E-state index contributed by atoms with van der Waals surface area (Å²) in [4.78, 5) is 18.9. The highest BCUT2D eigenvalue weighted by Gasteiger charge is 2.25. The number of fused-ring (bicyclic) bond motifs is 1. The molecule has 0 saturated carbocycles. The Morgan fingerprint density at radius 1 is 1.10 bits per heavy atom. The van der Waals surface area contributed by atoms with Gasteiger partial charge in [-0.1, -0.05) is 12.1 Å². The van der Waals surface area contributed by atoms with E-state index in [2.05, 4.69) is 20.5 Å². The first-order valence-corrected chi connectivity index (χ1v) is 12.8. The lowest BCUT2D eigenvalue weighted by Crippen LogP contribution is -2.40. The molecule has 10 heteroatoms. The number of urea groups is 1. The second kappa shape index (κ2) is 10.9. The van der Waals surface area contributed by atoms with E-state index in [0.717, 1.165) is 30.2 Å². The molecule has 1 aliphatic heterocycles. The van der Waals surface area contributed by atoms with Crippen molar-refractivity contribution in [3.8, 4) is 28.3 Å². The highest BCUT2D eigenvalue weighted by atomic mass is 19.2. The quantitative estimate of drug-likeness (QED) is 0.299. The number of hydrogen-bond acceptors (Lipinski definition) is 5. The Hall–Kier alpha value is -4.62. The van der Waals surface area contributed by atoms with E-state index in [1.165, 1.54) is 19.2 Å². The van der Waals surface area contributed by atoms with Gasteiger partial charge in [0.05, 0.1) is 22.5 Å². The smallest absolute Gasteiger partial charge is 0.319 e. The number of rotatable bonds is 4. The van der Waals surface area contributed by atoms with E-state index in [1.807, 2.05) is 12.1 Å². The number of nitrogens with one attached hydrogen (secondary N) is 2. The highest BCUT2D eigenvalue weighted by molar-refractivity contribution is 6.03. The number of carbonyl (C=O) groups excluding carboxylic acids is 1. The number of carbonyl (C=O) groups is 1. The predicted octanol–water partition coefficient (Wildman–Crippen LogP) is 5.85. The van der Waals surface area contributed by atoms with Crippen LogP contribution in [0, 0.1) is 35.7 Å². The van der Waals surface area contributed by atoms with Crippen molar-refractivity contribution in [3.05, 3.63) is 77.2 Å². The van der Waals surface area contributed by atoms with E-state index >= 15 is 4.39 Å². The van der Waals surface area contributed by atoms with Crippen molar-refractivity contribution in [2.75, 3.05) is 30.4 Å². The van der Waals surface area contributed by atoms with Gasteiger partial charge in [0, 0.05) is 48.9 Å². The standard InChI is InChI=1S/C30H27F3N6O/c1-16-9-18(11-20(31)10-16)23-15-37-25-4-3-17(12-22(25)29(23)39-7-5-21(35)6-8-39)26-27(33)24(32)13-19(14-34)28(26)38-30(40)36-2/h3-4,9-13,15,21H,5-8,35H2,1-2H3,(H2,36,38,40). The average molecular weight is 545 g/mol. The SMILES string of the molecule is CNC(=O)Nc1c(C#N)cc(F)c(F)c1-c1ccc2ncc(-c3cc(C)cc(F)c3)c(N3CCC(N)CC3)c2c1. The van der Waals surface area contributed by atoms with Gasteiger partial charge >= 0.3 is 6.03 Å². The van der Waals surface area contributed by atoms with Gasteiger partial charge in [0.2, 0.25) is 0 Å². The summed E-state index contributed by atoms with van der Waals surface area (Å²) in [5.74, 6) is -2.81. The molecule has 7 nitrogen and oxygen atoms in total. The number of aromatic nitrogens is 1. The van der Waals surface area contributed by atoms with Crippen molar-refractivity contribution in [1.82, 2.24) is 10.3 Å². The Balaban J connectivity index is 1.80. The lowest BCUT2D eigenvalue weighted by Gasteiger charge is -2.34. The summed E-state index contributed by atoms with van der Waals surface area (Å²) in [6.45, 7) is 3.09. The minimum Gasteiger partial charge on any atom is -0.370 e. The maximum Gasteiger partial charge on any atom is 0.319 e. The van der Waals surface area contributed by atoms with E-state index in [4.69, 9.17) is 5.73 Å². The number of halogens is 3. The number of aryl methyl sites for hydroxylation is 1. The summed E-state index contributed by atoms with van der Waals surface area (Å²) in [6.07, 6.45) is 3.18. The van der Waals surface area contributed by atoms with Gasteiger partial charge in [-0.15, -0.1) is 0 Å². The molecule has 40 heavy (non-hydrogen) atoms. The molecule has 0 unspecified atom stereocenters. The van der Waals surface area contributed by atoms with Crippen LogP contribution in [0.2, 0.25) is 0 Å². The summed E-state index contributed by atoms with van der Waals surface area (Å²) in [5, 5.41) is 15.1. The van der Waals surface area contributed by atoms with E-state index in [9.17, 15) is 18.8 Å². The van der Waals surface area contributed by atoms with Crippen LogP contribution in [0.25, 0.3) is 33.2 Å². The molecule has 2 heterocycles. The van der Waals surface area contributed by atoms with Crippen LogP contribution in [0.4, 0.5) is 29.3 Å². The maximum atomic E-state index is 15.4. The molecule has 1 aliphatic rings. The zero-order chi connectivity index (χ0) is 28.6. The molecule has 3 aromatic carbocycles. The summed E-state index contributed by atoms with van der Waals surface area (Å²) in [6, 6.07) is 11.6. The molecule has 2 amide bonds. The van der Waals surface area contributed by atoms with Crippen molar-refractivity contribution >= 4 is 28.3 Å². The molecule has 1 saturated heterocycles. The number of nitrogens with zero attached hydrogens (tertiary/aromatic N) is 3. The third-order valence-corrected chi connectivity index (χ3v) is 7.14. The van der Waals surface area contributed by atoms with E-state index in [0.29, 0.717) is 35.1 Å². The number of amides is 2. The first-order chi connectivity index (χ1) is 19.2. The lowest BCUT2D eigenvalue weighted by atomic mass is 9.94. The normalized spacial score (nSPS) is 13.8. The molecular weight excluding hydrogens is 517 g/mol. The van der Waals surface area contributed by atoms with Crippen molar-refractivity contribution < 1.29 is 18.0 Å². The number of hydrogen-bond donors (Lipinski definition) is 3. The van der Waals surface area contributed by atoms with Crippen molar-refractivity contribution in [1.29, 1.82) is 5.26 Å². The monoisotopic (exact) mass is 544 g/mol. The topological polar surface area (TPSA) is 107 Å². The van der Waals surface area contributed by atoms with Gasteiger partial charge in [0.15, 0.2) is 11.6 Å². The zero-order valence-corrected chi connectivity index (χ0v) is 22.0. The number of benzene rings is 3. The van der Waals surface area contributed by atoms with Crippen LogP contribution in [-0.2, 0) is 0 Å². The van der Waals surface area contributed by atoms with E-state index < -0.39 is 17.7 Å². The minimum absolute atomic E-state index is 0.0592. The van der Waals surface area contributed by atoms with Gasteiger partial charge in [-0.05, 0) is 66.8 Å². The Morgan fingerprint density at radius 3 is 2.52 bits per heavy atom. The molecule has 4 N–H and O–H groups in total. The summed E-state index contributed by atoms with van der Waals surface area (Å²) in [5.41, 5.74) is 9.16. The minimum atomic E-state index is -1.22. The zero-order valence-electron chi connectivity index (χ0n) is 22.0. The summed E-state index contributed by atoms with van der Waals surface area (Å²) >= 11 is 0. The number of anilines is 2. The molecular formula is C30H27F3N6O. The third-order valence-electron chi connectivity index (χ3n) is 7.14. The molecule has 0 atom stereocenters. The van der Waals surface area contributed by atoms with Crippen LogP contribution in [0.1, 0.15) is 24.0 Å². The molecule has 1 aromatic heterocycles. The van der Waals surface area contributed by atoms with Gasteiger partial charge in [0.25, 0.3) is 0 Å². The summed E-state index contributed by atoms with van der Waals surface area (Å²) < 4.78 is 44.6. The second-order valence-electron chi connectivity index (χ2n) is 9.88. The largest absolute Gasteiger partial charge is 0.370 e. The Bertz CT molecular complexity index is 1650. The number of pyridine rings is 1. The van der Waals surface area contributed by atoms with Gasteiger partial charge in [-0.2, -0.15) is 5.26 Å². The molecule has 1 fully saturated rings. The first-order valence-electron chi connectivity index (χ1n) is 12.8. The molecule has 0 spiro atoms. The van der Waals surface area contributed by atoms with Crippen LogP contribution in [0.3, 0.4) is 0 Å². The van der Waals surface area contributed by atoms with Crippen LogP contribution >= 0.6 is 0 Å². The fraction of sp³-hybridized carbons (Fsp3) is 0.233. The van der Waals surface area contributed by atoms with Gasteiger partial charge in [-0.3, -0.25) is 4.98 Å². The Labute approximate surface area is 229 Å². The highest BCUT2D eigenvalue weighted by Crippen LogP contribution is 2.42. The number of piperidine rings is 1. The lowest BCUT2D eigenvalue weighted by molar-refractivity contribution is 0.254. The molecule has 4 aromatic rings. The van der Waals surface area contributed by atoms with Crippen molar-refractivity contribution in [2.24, 2.45) is 5.73 Å².